The van der Waals surface area contributed by atoms with Crippen LogP contribution in [0.3, 0.4) is 0 Å². The van der Waals surface area contributed by atoms with E-state index in [1.54, 1.807) is 58.0 Å². The highest BCUT2D eigenvalue weighted by Gasteiger charge is 2.88. The van der Waals surface area contributed by atoms with Crippen molar-refractivity contribution in [3.8, 4) is 0 Å². The smallest absolute Gasteiger partial charge is 0.340 e. The molecule has 1 spiro atoms. The minimum Gasteiger partial charge on any atom is -0.454 e. The number of likely N-dealkylation sites (tertiary alicyclic amines) is 1. The fourth-order valence-electron chi connectivity index (χ4n) is 12.6. The molecule has 6 fully saturated rings. The minimum absolute atomic E-state index is 0.00351. The number of rotatable bonds is 9. The highest BCUT2D eigenvalue weighted by atomic mass is 16.6. The third-order valence-electron chi connectivity index (χ3n) is 14.3. The normalized spacial score (nSPS) is 42.3. The first-order chi connectivity index (χ1) is 24.5. The highest BCUT2D eigenvalue weighted by Crippen LogP contribution is 2.78. The first-order valence-electron chi connectivity index (χ1n) is 18.5. The van der Waals surface area contributed by atoms with Crippen LogP contribution in [0, 0.1) is 29.1 Å². The fourth-order valence-corrected chi connectivity index (χ4v) is 12.6. The number of hydrogen-bond acceptors (Lipinski definition) is 10. The van der Waals surface area contributed by atoms with Crippen molar-refractivity contribution in [2.45, 2.75) is 93.5 Å². The number of benzene rings is 1. The van der Waals surface area contributed by atoms with E-state index in [9.17, 15) is 19.8 Å². The fraction of sp³-hybridized carbons (Fsp3) is 0.625. The largest absolute Gasteiger partial charge is 0.454 e. The van der Waals surface area contributed by atoms with Crippen LogP contribution in [-0.4, -0.2) is 108 Å². The molecule has 0 radical (unpaired) electrons. The van der Waals surface area contributed by atoms with E-state index in [4.69, 9.17) is 18.9 Å². The van der Waals surface area contributed by atoms with Gasteiger partial charge in [-0.2, -0.15) is 0 Å². The van der Waals surface area contributed by atoms with Gasteiger partial charge in [-0.1, -0.05) is 25.1 Å². The van der Waals surface area contributed by atoms with E-state index in [0.29, 0.717) is 57.3 Å². The quantitative estimate of drug-likeness (QED) is 0.259. The molecule has 12 atom stereocenters. The lowest BCUT2D eigenvalue weighted by Crippen LogP contribution is -2.82. The van der Waals surface area contributed by atoms with Crippen LogP contribution >= 0.6 is 0 Å². The zero-order valence-electron chi connectivity index (χ0n) is 30.2. The molecule has 1 unspecified atom stereocenters. The molecule has 7 bridgehead atoms. The maximum absolute atomic E-state index is 14.5. The van der Waals surface area contributed by atoms with Crippen LogP contribution in [0.4, 0.5) is 5.69 Å². The monoisotopic (exact) mass is 701 g/mol. The highest BCUT2D eigenvalue weighted by molar-refractivity contribution is 6.07. The Hall–Kier alpha value is -3.19. The molecule has 274 valence electrons. The third-order valence-corrected chi connectivity index (χ3v) is 14.3. The maximum atomic E-state index is 14.5. The molecule has 1 amide bonds. The lowest BCUT2D eigenvalue weighted by Gasteiger charge is -2.70. The average Bonchev–Trinajstić information content (AvgIpc) is 3.53. The second-order valence-electron chi connectivity index (χ2n) is 16.0. The van der Waals surface area contributed by atoms with Crippen molar-refractivity contribution in [1.29, 1.82) is 0 Å². The second kappa shape index (κ2) is 12.5. The summed E-state index contributed by atoms with van der Waals surface area (Å²) in [6, 6.07) is 10.6. The van der Waals surface area contributed by atoms with Gasteiger partial charge in [0, 0.05) is 82.0 Å². The van der Waals surface area contributed by atoms with E-state index in [0.717, 1.165) is 11.1 Å². The molecule has 3 N–H and O–H groups in total. The first kappa shape index (κ1) is 34.9. The van der Waals surface area contributed by atoms with E-state index >= 15 is 0 Å². The summed E-state index contributed by atoms with van der Waals surface area (Å²) in [6.45, 7) is 5.17. The molecular formula is C40H51N3O8. The standard InChI is InChI=1S/C40H51N3O8/c1-6-43-22-37(51-36(45)27-11-7-8-12-29(27)42-33(44)16-23(2)24-10-9-15-41-21-24)14-13-32(49-4)39-30(37)19-28(34(39)43)38(46)20-26(48-3)17-25-18-31(39)40(38,47)35(25)50-5/h7-12,15-16,21,25-26,28,30-32,34-35,46-47H,6,13-14,17-20,22H2,1-5H3,(H,42,44)/b23-16+/t25-,26+,28+,30+,31-,32-,34?,35-,37+,38-,39-,40-/m0/s1. The summed E-state index contributed by atoms with van der Waals surface area (Å²) in [5.41, 5.74) is -2.26. The number of ether oxygens (including phenoxy) is 4. The van der Waals surface area contributed by atoms with Gasteiger partial charge in [-0.15, -0.1) is 0 Å². The Morgan fingerprint density at radius 3 is 2.55 bits per heavy atom. The number of aromatic nitrogens is 1. The molecular weight excluding hydrogens is 650 g/mol. The van der Waals surface area contributed by atoms with Crippen molar-refractivity contribution in [2.24, 2.45) is 29.1 Å². The number of pyridine rings is 1. The van der Waals surface area contributed by atoms with E-state index in [1.807, 2.05) is 19.1 Å². The Kier molecular flexibility index (Phi) is 8.52. The van der Waals surface area contributed by atoms with E-state index in [-0.39, 0.29) is 53.4 Å². The van der Waals surface area contributed by atoms with Gasteiger partial charge in [0.2, 0.25) is 5.91 Å². The number of piperidine rings is 1. The predicted octanol–water partition coefficient (Wildman–Crippen LogP) is 4.09. The molecule has 6 aliphatic rings. The zero-order chi connectivity index (χ0) is 35.9. The van der Waals surface area contributed by atoms with Crippen molar-refractivity contribution < 1.29 is 38.7 Å². The number of carbonyl (C=O) groups excluding carboxylic acids is 2. The molecule has 1 aromatic heterocycles. The molecule has 1 saturated heterocycles. The summed E-state index contributed by atoms with van der Waals surface area (Å²) in [7, 11) is 5.09. The molecule has 51 heavy (non-hydrogen) atoms. The van der Waals surface area contributed by atoms with Gasteiger partial charge < -0.3 is 34.5 Å². The summed E-state index contributed by atoms with van der Waals surface area (Å²) in [6.07, 6.45) is 7.42. The molecule has 5 aliphatic carbocycles. The van der Waals surface area contributed by atoms with Crippen LogP contribution in [-0.2, 0) is 23.7 Å². The van der Waals surface area contributed by atoms with Crippen LogP contribution in [0.1, 0.15) is 68.3 Å². The van der Waals surface area contributed by atoms with Crippen LogP contribution in [0.2, 0.25) is 0 Å². The van der Waals surface area contributed by atoms with Gasteiger partial charge in [-0.05, 0) is 80.8 Å². The van der Waals surface area contributed by atoms with Crippen molar-refractivity contribution in [3.05, 3.63) is 66.0 Å². The first-order valence-corrected chi connectivity index (χ1v) is 18.5. The van der Waals surface area contributed by atoms with Gasteiger partial charge >= 0.3 is 5.97 Å². The third kappa shape index (κ3) is 4.67. The number of nitrogens with one attached hydrogen (secondary N) is 1. The topological polar surface area (TPSA) is 140 Å². The van der Waals surface area contributed by atoms with E-state index in [2.05, 4.69) is 22.1 Å². The summed E-state index contributed by atoms with van der Waals surface area (Å²) >= 11 is 0. The number of anilines is 1. The van der Waals surface area contributed by atoms with Crippen molar-refractivity contribution in [3.63, 3.8) is 0 Å². The zero-order valence-corrected chi connectivity index (χ0v) is 30.2. The van der Waals surface area contributed by atoms with Gasteiger partial charge in [-0.3, -0.25) is 14.7 Å². The SMILES string of the molecule is CCN1C[C@]2(OC(=O)c3ccccc3NC(=O)/C=C(\C)c3cccnc3)CC[C@H](OC)[C@]34C1[C@@H](C[C@H]23)[C@@]1(O)C[C@H](OC)C[C@H]2C[C@@H]4[C@]1(O)[C@H]2OC. The number of para-hydroxylation sites is 1. The number of hydrogen-bond donors (Lipinski definition) is 3. The summed E-state index contributed by atoms with van der Waals surface area (Å²) in [5, 5.41) is 29.2. The summed E-state index contributed by atoms with van der Waals surface area (Å²) in [4.78, 5) is 34.3. The predicted molar refractivity (Wildman–Crippen MR) is 189 cm³/mol. The van der Waals surface area contributed by atoms with Crippen LogP contribution in [0.15, 0.2) is 54.9 Å². The number of nitrogens with zero attached hydrogens (tertiary/aromatic N) is 2. The van der Waals surface area contributed by atoms with Crippen molar-refractivity contribution in [2.75, 3.05) is 39.7 Å². The van der Waals surface area contributed by atoms with Gasteiger partial charge in [0.1, 0.15) is 16.8 Å². The molecule has 11 nitrogen and oxygen atoms in total. The number of esters is 1. The number of allylic oxidation sites excluding steroid dienone is 1. The summed E-state index contributed by atoms with van der Waals surface area (Å²) < 4.78 is 25.4. The lowest BCUT2D eigenvalue weighted by atomic mass is 9.43. The van der Waals surface area contributed by atoms with Crippen LogP contribution in [0.5, 0.6) is 0 Å². The molecule has 1 aromatic carbocycles. The number of amides is 1. The van der Waals surface area contributed by atoms with Crippen LogP contribution in [0.25, 0.3) is 5.57 Å². The van der Waals surface area contributed by atoms with Crippen molar-refractivity contribution in [1.82, 2.24) is 9.88 Å². The van der Waals surface area contributed by atoms with Crippen LogP contribution < -0.4 is 5.32 Å². The number of carbonyl (C=O) groups is 2. The number of fused-ring (bicyclic) bond motifs is 2. The molecule has 11 heteroatoms. The Labute approximate surface area is 299 Å². The van der Waals surface area contributed by atoms with E-state index < -0.39 is 34.3 Å². The lowest BCUT2D eigenvalue weighted by molar-refractivity contribution is -0.328. The van der Waals surface area contributed by atoms with Gasteiger partial charge in [0.15, 0.2) is 0 Å². The molecule has 2 aromatic rings. The molecule has 8 rings (SSSR count). The summed E-state index contributed by atoms with van der Waals surface area (Å²) in [5.74, 6) is -1.69. The number of aliphatic hydroxyl groups is 2. The molecule has 5 saturated carbocycles. The Morgan fingerprint density at radius 2 is 1.84 bits per heavy atom. The van der Waals surface area contributed by atoms with Crippen molar-refractivity contribution >= 4 is 23.1 Å². The minimum atomic E-state index is -1.52. The van der Waals surface area contributed by atoms with Gasteiger partial charge in [-0.25, -0.2) is 4.79 Å². The Balaban J connectivity index is 1.18. The number of methoxy groups -OCH3 is 3. The second-order valence-corrected chi connectivity index (χ2v) is 16.0. The maximum Gasteiger partial charge on any atom is 0.340 e. The average molecular weight is 702 g/mol. The number of likely N-dealkylation sites (N-methyl/N-ethyl adjacent to an activating group) is 1. The molecule has 1 aliphatic heterocycles. The van der Waals surface area contributed by atoms with Gasteiger partial charge in [0.25, 0.3) is 0 Å². The Morgan fingerprint density at radius 1 is 1.04 bits per heavy atom. The Bertz CT molecular complexity index is 1720. The molecule has 2 heterocycles. The van der Waals surface area contributed by atoms with E-state index in [1.165, 1.54) is 6.08 Å². The van der Waals surface area contributed by atoms with Gasteiger partial charge in [0.05, 0.1) is 29.6 Å².